The zero-order chi connectivity index (χ0) is 15.6. The smallest absolute Gasteiger partial charge is 0.0478 e. The molecule has 2 heteroatoms. The Kier molecular flexibility index (Phi) is 4.69. The highest BCUT2D eigenvalue weighted by atomic mass is 15.1. The molecule has 2 rings (SSSR count). The van der Waals surface area contributed by atoms with E-state index in [1.165, 1.54) is 33.5 Å². The van der Waals surface area contributed by atoms with Crippen LogP contribution in [0.25, 0.3) is 0 Å². The minimum Gasteiger partial charge on any atom is -0.373 e. The first-order valence-corrected chi connectivity index (χ1v) is 7.49. The molecule has 0 aliphatic rings. The fourth-order valence-electron chi connectivity index (χ4n) is 3.07. The molecule has 0 radical (unpaired) electrons. The molecule has 1 atom stereocenters. The van der Waals surface area contributed by atoms with Crippen LogP contribution in [-0.4, -0.2) is 13.6 Å². The molecular weight excluding hydrogens is 256 g/mol. The maximum Gasteiger partial charge on any atom is 0.0478 e. The average molecular weight is 282 g/mol. The number of benzene rings is 2. The number of nitrogens with two attached hydrogens (primary N) is 1. The number of likely N-dealkylation sites (N-methyl/N-ethyl adjacent to an activating group) is 1. The van der Waals surface area contributed by atoms with Crippen molar-refractivity contribution in [2.24, 2.45) is 5.73 Å². The Bertz CT molecular complexity index is 591. The lowest BCUT2D eigenvalue weighted by Crippen LogP contribution is -2.30. The van der Waals surface area contributed by atoms with Crippen molar-refractivity contribution in [1.29, 1.82) is 0 Å². The molecule has 0 heterocycles. The first-order chi connectivity index (χ1) is 9.88. The minimum atomic E-state index is 0.0249. The van der Waals surface area contributed by atoms with Gasteiger partial charge in [0.25, 0.3) is 0 Å². The largest absolute Gasteiger partial charge is 0.373 e. The van der Waals surface area contributed by atoms with Crippen molar-refractivity contribution in [2.75, 3.05) is 18.5 Å². The Morgan fingerprint density at radius 1 is 0.905 bits per heavy atom. The second-order valence-corrected chi connectivity index (χ2v) is 6.13. The third-order valence-electron chi connectivity index (χ3n) is 4.05. The van der Waals surface area contributed by atoms with Crippen molar-refractivity contribution in [3.8, 4) is 0 Å². The van der Waals surface area contributed by atoms with Crippen molar-refractivity contribution >= 4 is 5.69 Å². The minimum absolute atomic E-state index is 0.0249. The molecule has 2 aromatic rings. The molecule has 2 nitrogen and oxygen atoms in total. The molecule has 1 unspecified atom stereocenters. The van der Waals surface area contributed by atoms with Gasteiger partial charge in [0, 0.05) is 25.3 Å². The van der Waals surface area contributed by atoms with Gasteiger partial charge in [0.05, 0.1) is 0 Å². The number of hydrogen-bond donors (Lipinski definition) is 1. The van der Waals surface area contributed by atoms with Gasteiger partial charge >= 0.3 is 0 Å². The molecule has 0 fully saturated rings. The molecule has 0 spiro atoms. The Balaban J connectivity index is 2.18. The maximum absolute atomic E-state index is 6.47. The predicted molar refractivity (Wildman–Crippen MR) is 92.0 cm³/mol. The normalized spacial score (nSPS) is 12.3. The van der Waals surface area contributed by atoms with Crippen LogP contribution in [0.3, 0.4) is 0 Å². The second kappa shape index (κ2) is 6.31. The van der Waals surface area contributed by atoms with Crippen molar-refractivity contribution in [2.45, 2.75) is 33.7 Å². The number of rotatable bonds is 4. The summed E-state index contributed by atoms with van der Waals surface area (Å²) in [5, 5.41) is 0. The summed E-state index contributed by atoms with van der Waals surface area (Å²) in [6.45, 7) is 9.36. The van der Waals surface area contributed by atoms with Gasteiger partial charge in [-0.25, -0.2) is 0 Å². The summed E-state index contributed by atoms with van der Waals surface area (Å²) in [4.78, 5) is 2.23. The first kappa shape index (κ1) is 15.6. The summed E-state index contributed by atoms with van der Waals surface area (Å²) in [5.41, 5.74) is 14.1. The molecule has 0 saturated carbocycles. The summed E-state index contributed by atoms with van der Waals surface area (Å²) in [6, 6.07) is 13.0. The van der Waals surface area contributed by atoms with Gasteiger partial charge in [0.15, 0.2) is 0 Å². The topological polar surface area (TPSA) is 29.3 Å². The number of nitrogens with zero attached hydrogens (tertiary/aromatic N) is 1. The van der Waals surface area contributed by atoms with E-state index in [1.807, 2.05) is 0 Å². The fraction of sp³-hybridized carbons (Fsp3) is 0.368. The van der Waals surface area contributed by atoms with Crippen molar-refractivity contribution in [3.05, 3.63) is 64.2 Å². The maximum atomic E-state index is 6.47. The van der Waals surface area contributed by atoms with E-state index in [0.29, 0.717) is 0 Å². The highest BCUT2D eigenvalue weighted by molar-refractivity contribution is 5.48. The Labute approximate surface area is 128 Å². The van der Waals surface area contributed by atoms with Crippen LogP contribution in [-0.2, 0) is 0 Å². The van der Waals surface area contributed by atoms with Gasteiger partial charge in [-0.05, 0) is 56.5 Å². The van der Waals surface area contributed by atoms with Crippen LogP contribution in [0.1, 0.15) is 33.9 Å². The van der Waals surface area contributed by atoms with E-state index in [4.69, 9.17) is 5.73 Å². The lowest BCUT2D eigenvalue weighted by Gasteiger charge is -2.26. The molecule has 0 saturated heterocycles. The monoisotopic (exact) mass is 282 g/mol. The van der Waals surface area contributed by atoms with Crippen LogP contribution in [0.4, 0.5) is 5.69 Å². The van der Waals surface area contributed by atoms with Gasteiger partial charge in [-0.2, -0.15) is 0 Å². The van der Waals surface area contributed by atoms with Crippen LogP contribution < -0.4 is 10.6 Å². The van der Waals surface area contributed by atoms with Crippen LogP contribution in [0.15, 0.2) is 36.4 Å². The highest BCUT2D eigenvalue weighted by Gasteiger charge is 2.15. The van der Waals surface area contributed by atoms with Crippen LogP contribution in [0, 0.1) is 27.7 Å². The van der Waals surface area contributed by atoms with E-state index >= 15 is 0 Å². The van der Waals surface area contributed by atoms with Crippen LogP contribution in [0.2, 0.25) is 0 Å². The molecule has 0 aliphatic carbocycles. The zero-order valence-electron chi connectivity index (χ0n) is 13.8. The molecule has 112 valence electrons. The lowest BCUT2D eigenvalue weighted by molar-refractivity contribution is 0.694. The Hall–Kier alpha value is -1.80. The van der Waals surface area contributed by atoms with E-state index in [0.717, 1.165) is 6.54 Å². The van der Waals surface area contributed by atoms with E-state index in [-0.39, 0.29) is 6.04 Å². The highest BCUT2D eigenvalue weighted by Crippen LogP contribution is 2.24. The Morgan fingerprint density at radius 3 is 1.95 bits per heavy atom. The molecule has 2 aromatic carbocycles. The van der Waals surface area contributed by atoms with Gasteiger partial charge in [-0.3, -0.25) is 0 Å². The third kappa shape index (κ3) is 3.64. The molecule has 0 aliphatic heterocycles. The SMILES string of the molecule is Cc1ccc(N(C)CC(N)c2c(C)cc(C)cc2C)cc1. The fourth-order valence-corrected chi connectivity index (χ4v) is 3.07. The van der Waals surface area contributed by atoms with Gasteiger partial charge < -0.3 is 10.6 Å². The lowest BCUT2D eigenvalue weighted by atomic mass is 9.94. The standard InChI is InChI=1S/C19H26N2/c1-13-6-8-17(9-7-13)21(5)12-18(20)19-15(3)10-14(2)11-16(19)4/h6-11,18H,12,20H2,1-5H3. The number of anilines is 1. The Morgan fingerprint density at radius 2 is 1.43 bits per heavy atom. The summed E-state index contributed by atoms with van der Waals surface area (Å²) < 4.78 is 0. The molecule has 2 N–H and O–H groups in total. The van der Waals surface area contributed by atoms with E-state index in [1.54, 1.807) is 0 Å². The molecule has 21 heavy (non-hydrogen) atoms. The zero-order valence-corrected chi connectivity index (χ0v) is 13.8. The quantitative estimate of drug-likeness (QED) is 0.916. The molecule has 0 bridgehead atoms. The third-order valence-corrected chi connectivity index (χ3v) is 4.05. The summed E-state index contributed by atoms with van der Waals surface area (Å²) in [6.07, 6.45) is 0. The number of aryl methyl sites for hydroxylation is 4. The number of hydrogen-bond acceptors (Lipinski definition) is 2. The molecule has 0 aromatic heterocycles. The van der Waals surface area contributed by atoms with Crippen molar-refractivity contribution in [3.63, 3.8) is 0 Å². The average Bonchev–Trinajstić information content (AvgIpc) is 2.37. The van der Waals surface area contributed by atoms with Crippen LogP contribution >= 0.6 is 0 Å². The summed E-state index contributed by atoms with van der Waals surface area (Å²) in [5.74, 6) is 0. The molecular formula is C19H26N2. The van der Waals surface area contributed by atoms with Gasteiger partial charge in [-0.1, -0.05) is 35.4 Å². The summed E-state index contributed by atoms with van der Waals surface area (Å²) in [7, 11) is 2.10. The van der Waals surface area contributed by atoms with Gasteiger partial charge in [0.2, 0.25) is 0 Å². The van der Waals surface area contributed by atoms with Crippen molar-refractivity contribution in [1.82, 2.24) is 0 Å². The summed E-state index contributed by atoms with van der Waals surface area (Å²) >= 11 is 0. The van der Waals surface area contributed by atoms with E-state index in [9.17, 15) is 0 Å². The van der Waals surface area contributed by atoms with E-state index < -0.39 is 0 Å². The first-order valence-electron chi connectivity index (χ1n) is 7.49. The second-order valence-electron chi connectivity index (χ2n) is 6.13. The van der Waals surface area contributed by atoms with Crippen LogP contribution in [0.5, 0.6) is 0 Å². The van der Waals surface area contributed by atoms with Gasteiger partial charge in [-0.15, -0.1) is 0 Å². The molecule has 0 amide bonds. The predicted octanol–water partition coefficient (Wildman–Crippen LogP) is 4.06. The van der Waals surface area contributed by atoms with Gasteiger partial charge in [0.1, 0.15) is 0 Å². The van der Waals surface area contributed by atoms with Crippen molar-refractivity contribution < 1.29 is 0 Å². The van der Waals surface area contributed by atoms with E-state index in [2.05, 4.69) is 76.0 Å².